The highest BCUT2D eigenvalue weighted by molar-refractivity contribution is 7.66. The van der Waals surface area contributed by atoms with E-state index in [1.807, 2.05) is 0 Å². The number of aliphatic hydroxyl groups excluding tert-OH is 1. The Balaban J connectivity index is 2.28. The fraction of sp³-hybridized carbons (Fsp3) is 0.636. The van der Waals surface area contributed by atoms with Crippen molar-refractivity contribution in [1.29, 1.82) is 0 Å². The second-order valence-electron chi connectivity index (χ2n) is 6.60. The van der Waals surface area contributed by atoms with E-state index in [0.717, 1.165) is 12.3 Å². The van der Waals surface area contributed by atoms with Gasteiger partial charge in [-0.3, -0.25) is 18.9 Å². The lowest BCUT2D eigenvalue weighted by Gasteiger charge is -2.30. The van der Waals surface area contributed by atoms with Crippen molar-refractivity contribution in [2.75, 3.05) is 13.3 Å². The van der Waals surface area contributed by atoms with Gasteiger partial charge in [-0.1, -0.05) is 0 Å². The highest BCUT2D eigenvalue weighted by atomic mass is 31.3. The molecule has 0 amide bonds. The Labute approximate surface area is 175 Å². The Kier molecular flexibility index (Phi) is 7.55. The molecule has 1 aliphatic rings. The molecule has 2 unspecified atom stereocenters. The normalized spacial score (nSPS) is 32.4. The second kappa shape index (κ2) is 8.91. The molecule has 0 aliphatic carbocycles. The molecule has 6 N–H and O–H groups in total. The Morgan fingerprint density at radius 3 is 2.28 bits per heavy atom. The van der Waals surface area contributed by atoms with Crippen LogP contribution in [-0.2, 0) is 31.6 Å². The van der Waals surface area contributed by atoms with Crippen LogP contribution in [0.1, 0.15) is 13.2 Å². The molecule has 0 radical (unpaired) electrons. The summed E-state index contributed by atoms with van der Waals surface area (Å²) >= 11 is 0. The zero-order valence-corrected chi connectivity index (χ0v) is 18.4. The average Bonchev–Trinajstić information content (AvgIpc) is 2.78. The summed E-state index contributed by atoms with van der Waals surface area (Å²) in [5, 5.41) is 10.3. The predicted octanol–water partition coefficient (Wildman–Crippen LogP) is -0.794. The summed E-state index contributed by atoms with van der Waals surface area (Å²) in [6, 6.07) is 0.786. The maximum absolute atomic E-state index is 15.2. The van der Waals surface area contributed by atoms with E-state index in [-0.39, 0.29) is 0 Å². The van der Waals surface area contributed by atoms with Crippen molar-refractivity contribution in [3.8, 4) is 0 Å². The molecule has 6 atom stereocenters. The van der Waals surface area contributed by atoms with Gasteiger partial charge >= 0.3 is 29.2 Å². The summed E-state index contributed by atoms with van der Waals surface area (Å²) in [5.74, 6) is 0. The molecular weight excluding hydrogens is 515 g/mol. The molecule has 21 heteroatoms. The fourth-order valence-corrected chi connectivity index (χ4v) is 5.82. The number of hydrogen-bond acceptors (Lipinski definition) is 10. The molecular formula is C11H17F2N2O14P3. The first-order chi connectivity index (χ1) is 14.3. The minimum atomic E-state index is -5.89. The molecule has 0 spiro atoms. The largest absolute Gasteiger partial charge is 0.490 e. The number of halogens is 2. The van der Waals surface area contributed by atoms with Gasteiger partial charge in [-0.15, -0.1) is 0 Å². The number of aromatic amines is 1. The molecule has 1 aromatic heterocycles. The van der Waals surface area contributed by atoms with Crippen LogP contribution in [0.15, 0.2) is 21.9 Å². The van der Waals surface area contributed by atoms with Crippen molar-refractivity contribution in [2.45, 2.75) is 30.5 Å². The number of aromatic nitrogens is 2. The number of H-pyrrole nitrogens is 1. The minimum absolute atomic E-state index is 0.451. The molecule has 16 nitrogen and oxygen atoms in total. The zero-order chi connectivity index (χ0) is 24.8. The number of phosphoric ester groups is 1. The molecule has 0 saturated carbocycles. The van der Waals surface area contributed by atoms with E-state index < -0.39 is 71.6 Å². The van der Waals surface area contributed by atoms with E-state index in [1.165, 1.54) is 0 Å². The maximum atomic E-state index is 15.2. The lowest BCUT2D eigenvalue weighted by Crippen LogP contribution is -2.51. The molecule has 1 aromatic rings. The second-order valence-corrected chi connectivity index (χ2v) is 11.0. The van der Waals surface area contributed by atoms with Gasteiger partial charge in [0.2, 0.25) is 0 Å². The van der Waals surface area contributed by atoms with E-state index in [4.69, 9.17) is 19.4 Å². The standard InChI is InChI=1S/C11H17F2N2O14P3/c1-10(13)7(17)11(4-12,27-8(10)15-3-2-6(16)14-9(15)18)5-26-31(22,23)29-32(24,25)28-30(19,20)21/h2-3,7-8,17H,4-5H2,1H3,(H,22,23)(H,24,25)(H,14,16,18)(H2,19,20,21)/t7-,8+,10+,11+/m0/s1. The van der Waals surface area contributed by atoms with Gasteiger partial charge in [0, 0.05) is 12.3 Å². The van der Waals surface area contributed by atoms with Crippen LogP contribution in [0.25, 0.3) is 0 Å². The highest BCUT2D eigenvalue weighted by Crippen LogP contribution is 2.66. The first kappa shape index (κ1) is 27.1. The Morgan fingerprint density at radius 1 is 1.19 bits per heavy atom. The quantitative estimate of drug-likeness (QED) is 0.214. The topological polar surface area (TPSA) is 244 Å². The van der Waals surface area contributed by atoms with Gasteiger partial charge in [-0.05, 0) is 6.92 Å². The third-order valence-corrected chi connectivity index (χ3v) is 7.86. The molecule has 1 fully saturated rings. The number of ether oxygens (including phenoxy) is 1. The van der Waals surface area contributed by atoms with Crippen LogP contribution in [0.4, 0.5) is 8.78 Å². The lowest BCUT2D eigenvalue weighted by molar-refractivity contribution is -0.136. The Bertz CT molecular complexity index is 1120. The summed E-state index contributed by atoms with van der Waals surface area (Å²) in [7, 11) is -17.3. The van der Waals surface area contributed by atoms with Crippen molar-refractivity contribution in [3.05, 3.63) is 33.1 Å². The Hall–Kier alpha value is -1.13. The summed E-state index contributed by atoms with van der Waals surface area (Å²) in [6.07, 6.45) is -3.79. The predicted molar refractivity (Wildman–Crippen MR) is 95.5 cm³/mol. The molecule has 2 heterocycles. The lowest BCUT2D eigenvalue weighted by atomic mass is 9.90. The number of aliphatic hydroxyl groups is 1. The average molecular weight is 532 g/mol. The van der Waals surface area contributed by atoms with Gasteiger partial charge in [-0.2, -0.15) is 8.62 Å². The van der Waals surface area contributed by atoms with Gasteiger partial charge in [0.05, 0.1) is 6.61 Å². The molecule has 1 aliphatic heterocycles. The number of hydrogen-bond donors (Lipinski definition) is 6. The van der Waals surface area contributed by atoms with Crippen molar-refractivity contribution < 1.29 is 65.0 Å². The summed E-state index contributed by atoms with van der Waals surface area (Å²) in [4.78, 5) is 60.4. The number of alkyl halides is 2. The van der Waals surface area contributed by atoms with Crippen molar-refractivity contribution >= 4 is 23.5 Å². The van der Waals surface area contributed by atoms with E-state index in [1.54, 1.807) is 4.98 Å². The van der Waals surface area contributed by atoms with Crippen molar-refractivity contribution in [1.82, 2.24) is 9.55 Å². The van der Waals surface area contributed by atoms with Crippen LogP contribution in [0.3, 0.4) is 0 Å². The van der Waals surface area contributed by atoms with E-state index >= 15 is 4.39 Å². The molecule has 184 valence electrons. The monoisotopic (exact) mass is 532 g/mol. The van der Waals surface area contributed by atoms with Gasteiger partial charge < -0.3 is 29.4 Å². The molecule has 2 rings (SSSR count). The van der Waals surface area contributed by atoms with Gasteiger partial charge in [0.1, 0.15) is 12.8 Å². The third-order valence-electron chi connectivity index (χ3n) is 4.08. The molecule has 32 heavy (non-hydrogen) atoms. The first-order valence-electron chi connectivity index (χ1n) is 8.05. The first-order valence-corrected chi connectivity index (χ1v) is 12.6. The summed E-state index contributed by atoms with van der Waals surface area (Å²) in [5.41, 5.74) is -7.81. The molecule has 0 aromatic carbocycles. The number of nitrogens with one attached hydrogen (secondary N) is 1. The highest BCUT2D eigenvalue weighted by Gasteiger charge is 2.64. The smallest absolute Gasteiger partial charge is 0.386 e. The maximum Gasteiger partial charge on any atom is 0.490 e. The van der Waals surface area contributed by atoms with Crippen LogP contribution in [0.2, 0.25) is 0 Å². The summed E-state index contributed by atoms with van der Waals surface area (Å²) in [6.45, 7) is -2.64. The van der Waals surface area contributed by atoms with Gasteiger partial charge in [-0.25, -0.2) is 27.3 Å². The molecule has 1 saturated heterocycles. The van der Waals surface area contributed by atoms with Crippen LogP contribution in [-0.4, -0.2) is 64.9 Å². The van der Waals surface area contributed by atoms with E-state index in [2.05, 4.69) is 13.1 Å². The number of phosphoric acid groups is 3. The zero-order valence-electron chi connectivity index (χ0n) is 15.7. The minimum Gasteiger partial charge on any atom is -0.386 e. The van der Waals surface area contributed by atoms with Crippen molar-refractivity contribution in [2.24, 2.45) is 0 Å². The number of rotatable bonds is 9. The van der Waals surface area contributed by atoms with Gasteiger partial charge in [0.25, 0.3) is 5.56 Å². The van der Waals surface area contributed by atoms with Crippen LogP contribution >= 0.6 is 23.5 Å². The SMILES string of the molecule is C[C@@]1(F)[C@H](O)[C@@](CF)(COP(=O)(O)OP(=O)(O)OP(=O)(O)O)O[C@H]1n1ccc(=O)[nH]c1=O. The number of nitrogens with zero attached hydrogens (tertiary/aromatic N) is 1. The van der Waals surface area contributed by atoms with Crippen LogP contribution in [0.5, 0.6) is 0 Å². The van der Waals surface area contributed by atoms with Crippen molar-refractivity contribution in [3.63, 3.8) is 0 Å². The van der Waals surface area contributed by atoms with Gasteiger partial charge in [0.15, 0.2) is 17.5 Å². The Morgan fingerprint density at radius 2 is 1.78 bits per heavy atom. The van der Waals surface area contributed by atoms with Crippen LogP contribution < -0.4 is 11.2 Å². The van der Waals surface area contributed by atoms with E-state index in [0.29, 0.717) is 11.5 Å². The third kappa shape index (κ3) is 6.05. The van der Waals surface area contributed by atoms with Crippen LogP contribution in [0, 0.1) is 0 Å². The fourth-order valence-electron chi connectivity index (χ4n) is 2.74. The summed E-state index contributed by atoms with van der Waals surface area (Å²) < 4.78 is 79.5. The molecule has 0 bridgehead atoms. The van der Waals surface area contributed by atoms with E-state index in [9.17, 15) is 37.7 Å².